The van der Waals surface area contributed by atoms with Gasteiger partial charge in [0.05, 0.1) is 25.9 Å². The van der Waals surface area contributed by atoms with Crippen LogP contribution in [0.2, 0.25) is 9.36 Å². The largest absolute Gasteiger partial charge is 0.333 e. The predicted molar refractivity (Wildman–Crippen MR) is 140 cm³/mol. The zero-order valence-electron chi connectivity index (χ0n) is 17.9. The van der Waals surface area contributed by atoms with Crippen molar-refractivity contribution >= 4 is 78.0 Å². The Morgan fingerprint density at radius 3 is 2.50 bits per heavy atom. The summed E-state index contributed by atoms with van der Waals surface area (Å²) >= 11 is 10.6. The van der Waals surface area contributed by atoms with Gasteiger partial charge in [0, 0.05) is 12.1 Å². The summed E-state index contributed by atoms with van der Waals surface area (Å²) in [6.45, 7) is 0. The van der Waals surface area contributed by atoms with Crippen LogP contribution >= 0.6 is 34.5 Å². The highest BCUT2D eigenvalue weighted by Gasteiger charge is 2.22. The van der Waals surface area contributed by atoms with Crippen LogP contribution in [0.5, 0.6) is 0 Å². The molecule has 4 aromatic rings. The van der Waals surface area contributed by atoms with Crippen molar-refractivity contribution in [1.29, 1.82) is 0 Å². The summed E-state index contributed by atoms with van der Waals surface area (Å²) < 4.78 is 48.2. The van der Waals surface area contributed by atoms with E-state index in [2.05, 4.69) is 9.71 Å². The summed E-state index contributed by atoms with van der Waals surface area (Å²) in [6.07, 6.45) is -0.241. The molecule has 0 saturated heterocycles. The van der Waals surface area contributed by atoms with Gasteiger partial charge in [0.1, 0.15) is 9.96 Å². The molecule has 0 saturated carbocycles. The van der Waals surface area contributed by atoms with E-state index in [4.69, 9.17) is 27.8 Å². The molecule has 0 aliphatic rings. The van der Waals surface area contributed by atoms with Crippen molar-refractivity contribution in [2.24, 2.45) is 0 Å². The number of aromatic nitrogens is 2. The number of rotatable bonds is 8. The van der Waals surface area contributed by atoms with Crippen molar-refractivity contribution in [2.45, 2.75) is 10.6 Å². The smallest absolute Gasteiger partial charge is 0.306 e. The molecular weight excluding hydrogens is 573 g/mol. The molecule has 3 N–H and O–H groups in total. The third-order valence-corrected chi connectivity index (χ3v) is 9.17. The number of hydrogen-bond donors (Lipinski definition) is 3. The summed E-state index contributed by atoms with van der Waals surface area (Å²) in [4.78, 5) is 40.7. The van der Waals surface area contributed by atoms with E-state index >= 15 is 0 Å². The number of fused-ring (bicyclic) bond motifs is 1. The lowest BCUT2D eigenvalue weighted by Gasteiger charge is -2.11. The third kappa shape index (κ3) is 5.61. The number of aromatic amines is 1. The maximum absolute atomic E-state index is 13.1. The Morgan fingerprint density at radius 2 is 1.86 bits per heavy atom. The van der Waals surface area contributed by atoms with Gasteiger partial charge in [-0.3, -0.25) is 18.9 Å². The molecule has 0 aliphatic carbocycles. The lowest BCUT2D eigenvalue weighted by atomic mass is 10.1. The highest BCUT2D eigenvalue weighted by atomic mass is 35.5. The van der Waals surface area contributed by atoms with E-state index < -0.39 is 43.9 Å². The molecule has 0 bridgehead atoms. The van der Waals surface area contributed by atoms with Gasteiger partial charge in [0.2, 0.25) is 0 Å². The quantitative estimate of drug-likeness (QED) is 0.267. The number of hydrogen-bond acceptors (Lipinski definition) is 7. The van der Waals surface area contributed by atoms with Crippen molar-refractivity contribution in [3.05, 3.63) is 84.3 Å². The van der Waals surface area contributed by atoms with Crippen molar-refractivity contribution in [3.63, 3.8) is 0 Å². The van der Waals surface area contributed by atoms with Crippen LogP contribution in [-0.4, -0.2) is 38.3 Å². The topological polar surface area (TPSA) is 155 Å². The van der Waals surface area contributed by atoms with Crippen LogP contribution in [0.3, 0.4) is 0 Å². The number of Topliss-reactive ketones (excluding diaryl/α,β-unsaturated/α-hetero) is 1. The first kappa shape index (κ1) is 26.3. The second kappa shape index (κ2) is 10.3. The van der Waals surface area contributed by atoms with Gasteiger partial charge in [-0.25, -0.2) is 22.0 Å². The zero-order chi connectivity index (χ0) is 26.2. The van der Waals surface area contributed by atoms with Crippen molar-refractivity contribution in [3.8, 4) is 5.69 Å². The van der Waals surface area contributed by atoms with E-state index in [-0.39, 0.29) is 42.3 Å². The fraction of sp³-hybridized carbons (Fsp3) is 0.0952. The normalized spacial score (nSPS) is 12.5. The van der Waals surface area contributed by atoms with Gasteiger partial charge in [-0.2, -0.15) is 0 Å². The summed E-state index contributed by atoms with van der Waals surface area (Å²) in [5, 5.41) is 0.0325. The number of H-pyrrole nitrogens is 1. The van der Waals surface area contributed by atoms with Crippen LogP contribution in [0.25, 0.3) is 16.6 Å². The van der Waals surface area contributed by atoms with Crippen LogP contribution in [0.15, 0.2) is 62.3 Å². The molecule has 2 aromatic heterocycles. The van der Waals surface area contributed by atoms with E-state index in [0.29, 0.717) is 5.56 Å². The number of carbonyl (C=O) groups excluding carboxylic acids is 1. The molecule has 0 radical (unpaired) electrons. The summed E-state index contributed by atoms with van der Waals surface area (Å²) in [5.74, 6) is -1.30. The minimum Gasteiger partial charge on any atom is -0.306 e. The van der Waals surface area contributed by atoms with Crippen LogP contribution < -0.4 is 16.0 Å². The van der Waals surface area contributed by atoms with Gasteiger partial charge >= 0.3 is 5.69 Å². The molecule has 0 amide bonds. The fourth-order valence-corrected chi connectivity index (χ4v) is 6.89. The van der Waals surface area contributed by atoms with Gasteiger partial charge in [0.25, 0.3) is 16.8 Å². The Bertz CT molecular complexity index is 1760. The van der Waals surface area contributed by atoms with Crippen LogP contribution in [0, 0.1) is 0 Å². The molecular formula is C21H15Cl2N3O7S3. The lowest BCUT2D eigenvalue weighted by Crippen LogP contribution is -2.33. The maximum atomic E-state index is 13.1. The average Bonchev–Trinajstić information content (AvgIpc) is 3.22. The maximum Gasteiger partial charge on any atom is 0.333 e. The van der Waals surface area contributed by atoms with Gasteiger partial charge in [-0.15, -0.1) is 11.3 Å². The van der Waals surface area contributed by atoms with E-state index in [9.17, 15) is 27.0 Å². The summed E-state index contributed by atoms with van der Waals surface area (Å²) in [5.41, 5.74) is -0.694. The minimum absolute atomic E-state index is 0.00674. The Balaban J connectivity index is 1.63. The van der Waals surface area contributed by atoms with Crippen molar-refractivity contribution < 1.29 is 22.0 Å². The van der Waals surface area contributed by atoms with E-state index in [1.807, 2.05) is 0 Å². The molecule has 10 nitrogen and oxygen atoms in total. The average molecular weight is 588 g/mol. The van der Waals surface area contributed by atoms with Crippen molar-refractivity contribution in [2.75, 3.05) is 10.5 Å². The Kier molecular flexibility index (Phi) is 7.50. The van der Waals surface area contributed by atoms with Gasteiger partial charge in [0.15, 0.2) is 15.6 Å². The third-order valence-electron chi connectivity index (χ3n) is 4.96. The molecule has 2 heterocycles. The van der Waals surface area contributed by atoms with E-state index in [0.717, 1.165) is 15.9 Å². The number of carbonyl (C=O) groups is 1. The second-order valence-corrected chi connectivity index (χ2v) is 12.5. The molecule has 188 valence electrons. The van der Waals surface area contributed by atoms with Gasteiger partial charge < -0.3 is 4.98 Å². The number of thiophene rings is 1. The fourth-order valence-electron chi connectivity index (χ4n) is 3.47. The molecule has 1 unspecified atom stereocenters. The molecule has 2 aromatic carbocycles. The first-order valence-corrected chi connectivity index (χ1v) is 14.2. The van der Waals surface area contributed by atoms with Gasteiger partial charge in [-0.1, -0.05) is 29.3 Å². The molecule has 36 heavy (non-hydrogen) atoms. The summed E-state index contributed by atoms with van der Waals surface area (Å²) in [6, 6.07) is 11.1. The SMILES string of the molecule is O=C(Cc1ccc(-n2c(=O)[nH]c3ccc(NS(=O)O)cc3c2=O)c(Cl)c1)CS(=O)(=O)c1ccc(Cl)s1. The predicted octanol–water partition coefficient (Wildman–Crippen LogP) is 3.18. The second-order valence-electron chi connectivity index (χ2n) is 7.50. The highest BCUT2D eigenvalue weighted by Crippen LogP contribution is 2.27. The Morgan fingerprint density at radius 1 is 1.11 bits per heavy atom. The Labute approximate surface area is 219 Å². The first-order chi connectivity index (χ1) is 16.9. The van der Waals surface area contributed by atoms with Crippen LogP contribution in [0.1, 0.15) is 5.56 Å². The highest BCUT2D eigenvalue weighted by molar-refractivity contribution is 7.94. The first-order valence-electron chi connectivity index (χ1n) is 9.90. The van der Waals surface area contributed by atoms with E-state index in [1.165, 1.54) is 48.5 Å². The van der Waals surface area contributed by atoms with E-state index in [1.54, 1.807) is 0 Å². The number of halogens is 2. The number of sulfone groups is 1. The lowest BCUT2D eigenvalue weighted by molar-refractivity contribution is -0.116. The van der Waals surface area contributed by atoms with Gasteiger partial charge in [-0.05, 0) is 48.0 Å². The van der Waals surface area contributed by atoms with Crippen LogP contribution in [-0.2, 0) is 32.3 Å². The summed E-state index contributed by atoms with van der Waals surface area (Å²) in [7, 11) is -3.84. The van der Waals surface area contributed by atoms with Crippen LogP contribution in [0.4, 0.5) is 5.69 Å². The number of nitrogens with zero attached hydrogens (tertiary/aromatic N) is 1. The molecule has 0 aliphatic heterocycles. The Hall–Kier alpha value is -2.81. The molecule has 0 spiro atoms. The molecule has 0 fully saturated rings. The minimum atomic E-state index is -3.84. The number of anilines is 1. The van der Waals surface area contributed by atoms with Crippen molar-refractivity contribution in [1.82, 2.24) is 9.55 Å². The molecule has 15 heteroatoms. The number of benzene rings is 2. The standard InChI is InChI=1S/C21H15Cl2N3O7S3/c22-15-8-11(7-13(27)10-36(32,33)19-6-5-18(23)34-19)1-4-17(15)26-20(28)14-9-12(25-35(30)31)2-3-16(14)24-21(26)29/h1-6,8-9,25H,7,10H2,(H,24,29)(H,30,31). The molecule has 1 atom stereocenters. The zero-order valence-corrected chi connectivity index (χ0v) is 21.8. The number of nitrogens with one attached hydrogen (secondary N) is 2. The number of ketones is 1. The molecule has 4 rings (SSSR count). The monoisotopic (exact) mass is 587 g/mol.